The lowest BCUT2D eigenvalue weighted by Crippen LogP contribution is -2.45. The first kappa shape index (κ1) is 18.3. The van der Waals surface area contributed by atoms with Crippen molar-refractivity contribution in [3.05, 3.63) is 63.8 Å². The lowest BCUT2D eigenvalue weighted by molar-refractivity contribution is 0.171. The summed E-state index contributed by atoms with van der Waals surface area (Å²) in [6.07, 6.45) is 3.35. The van der Waals surface area contributed by atoms with Crippen molar-refractivity contribution in [3.63, 3.8) is 0 Å². The van der Waals surface area contributed by atoms with Crippen LogP contribution in [0.15, 0.2) is 41.3 Å². The van der Waals surface area contributed by atoms with Crippen LogP contribution < -0.4 is 11.0 Å². The van der Waals surface area contributed by atoms with Crippen LogP contribution in [0.3, 0.4) is 0 Å². The number of urea groups is 1. The summed E-state index contributed by atoms with van der Waals surface area (Å²) in [5, 5.41) is 2.99. The van der Waals surface area contributed by atoms with E-state index in [0.29, 0.717) is 19.6 Å². The number of fused-ring (bicyclic) bond motifs is 1. The highest BCUT2D eigenvalue weighted by atomic mass is 16.2. The van der Waals surface area contributed by atoms with Crippen molar-refractivity contribution in [2.75, 3.05) is 13.1 Å². The highest BCUT2D eigenvalue weighted by Gasteiger charge is 2.26. The molecule has 2 amide bonds. The summed E-state index contributed by atoms with van der Waals surface area (Å²) in [6.45, 7) is 5.72. The van der Waals surface area contributed by atoms with E-state index in [-0.39, 0.29) is 17.8 Å². The Kier molecular flexibility index (Phi) is 4.90. The van der Waals surface area contributed by atoms with Crippen molar-refractivity contribution in [1.29, 1.82) is 0 Å². The van der Waals surface area contributed by atoms with Crippen molar-refractivity contribution in [2.45, 2.75) is 39.3 Å². The fraction of sp³-hybridized carbons (Fsp3) is 0.381. The molecule has 0 aliphatic carbocycles. The molecule has 1 aliphatic heterocycles. The Balaban J connectivity index is 1.37. The number of likely N-dealkylation sites (tertiary alicyclic amines) is 1. The number of nitrogens with one attached hydrogen (secondary N) is 2. The molecule has 1 fully saturated rings. The number of aryl methyl sites for hydroxylation is 2. The van der Waals surface area contributed by atoms with E-state index in [1.54, 1.807) is 0 Å². The number of carbonyl (C=O) groups is 1. The Morgan fingerprint density at radius 3 is 2.75 bits per heavy atom. The number of aromatic amines is 1. The Bertz CT molecular complexity index is 1060. The van der Waals surface area contributed by atoms with Gasteiger partial charge in [-0.2, -0.15) is 0 Å². The average molecular weight is 379 g/mol. The predicted molar refractivity (Wildman–Crippen MR) is 108 cm³/mol. The first-order valence-electron chi connectivity index (χ1n) is 9.67. The van der Waals surface area contributed by atoms with Gasteiger partial charge in [0.25, 0.3) is 0 Å². The summed E-state index contributed by atoms with van der Waals surface area (Å²) in [6, 6.07) is 9.80. The molecule has 1 aliphatic rings. The molecule has 3 heterocycles. The van der Waals surface area contributed by atoms with Crippen LogP contribution in [0.4, 0.5) is 4.79 Å². The minimum Gasteiger partial charge on any atom is -0.334 e. The Morgan fingerprint density at radius 2 is 2.00 bits per heavy atom. The fourth-order valence-corrected chi connectivity index (χ4v) is 3.96. The molecule has 28 heavy (non-hydrogen) atoms. The van der Waals surface area contributed by atoms with Crippen LogP contribution in [0.25, 0.3) is 11.0 Å². The molecular weight excluding hydrogens is 354 g/mol. The lowest BCUT2D eigenvalue weighted by atomic mass is 10.0. The largest absolute Gasteiger partial charge is 0.334 e. The third-order valence-corrected chi connectivity index (χ3v) is 5.53. The summed E-state index contributed by atoms with van der Waals surface area (Å²) in [4.78, 5) is 34.0. The molecule has 0 atom stereocenters. The van der Waals surface area contributed by atoms with Gasteiger partial charge in [0.15, 0.2) is 0 Å². The van der Waals surface area contributed by atoms with Gasteiger partial charge in [-0.15, -0.1) is 0 Å². The first-order valence-corrected chi connectivity index (χ1v) is 9.67. The van der Waals surface area contributed by atoms with Crippen molar-refractivity contribution >= 4 is 17.1 Å². The summed E-state index contributed by atoms with van der Waals surface area (Å²) in [5.74, 6) is 0. The second kappa shape index (κ2) is 7.50. The van der Waals surface area contributed by atoms with Crippen molar-refractivity contribution in [3.8, 4) is 0 Å². The van der Waals surface area contributed by atoms with Crippen molar-refractivity contribution < 1.29 is 4.79 Å². The van der Waals surface area contributed by atoms with E-state index in [1.165, 1.54) is 0 Å². The molecule has 0 saturated carbocycles. The third kappa shape index (κ3) is 3.52. The molecule has 4 rings (SSSR count). The van der Waals surface area contributed by atoms with Gasteiger partial charge in [-0.1, -0.05) is 12.1 Å². The Labute approximate surface area is 163 Å². The molecular formula is C21H25N5O2. The number of rotatable bonds is 3. The number of carbonyl (C=O) groups excluding carboxylic acids is 1. The zero-order valence-corrected chi connectivity index (χ0v) is 16.2. The number of aromatic nitrogens is 3. The molecule has 2 N–H and O–H groups in total. The summed E-state index contributed by atoms with van der Waals surface area (Å²) in [7, 11) is 0. The second-order valence-corrected chi connectivity index (χ2v) is 7.45. The minimum absolute atomic E-state index is 0.0651. The summed E-state index contributed by atoms with van der Waals surface area (Å²) in [5.41, 5.74) is 4.84. The zero-order valence-electron chi connectivity index (χ0n) is 16.2. The summed E-state index contributed by atoms with van der Waals surface area (Å²) < 4.78 is 1.84. The van der Waals surface area contributed by atoms with Gasteiger partial charge in [-0.05, 0) is 56.0 Å². The standard InChI is InChI=1S/C21H25N5O2/c1-14-11-15(2)22-12-16(14)13-23-20(27)25-9-7-17(8-10-25)26-19-6-4-3-5-18(19)24-21(26)28/h3-6,11-12,17H,7-10,13H2,1-2H3,(H,23,27)(H,24,28). The van der Waals surface area contributed by atoms with E-state index in [1.807, 2.05) is 59.8 Å². The minimum atomic E-state index is -0.0774. The number of H-pyrrole nitrogens is 1. The smallest absolute Gasteiger partial charge is 0.326 e. The Hall–Kier alpha value is -3.09. The van der Waals surface area contributed by atoms with Crippen LogP contribution >= 0.6 is 0 Å². The van der Waals surface area contributed by atoms with Crippen LogP contribution in [0.1, 0.15) is 35.7 Å². The van der Waals surface area contributed by atoms with Gasteiger partial charge in [0.1, 0.15) is 0 Å². The third-order valence-electron chi connectivity index (χ3n) is 5.53. The van der Waals surface area contributed by atoms with Crippen LogP contribution in [0.5, 0.6) is 0 Å². The normalized spacial score (nSPS) is 15.1. The molecule has 146 valence electrons. The highest BCUT2D eigenvalue weighted by Crippen LogP contribution is 2.24. The van der Waals surface area contributed by atoms with E-state index in [0.717, 1.165) is 40.7 Å². The maximum Gasteiger partial charge on any atom is 0.326 e. The number of piperidine rings is 1. The van der Waals surface area contributed by atoms with Crippen molar-refractivity contribution in [1.82, 2.24) is 24.8 Å². The number of amides is 2. The van der Waals surface area contributed by atoms with Crippen LogP contribution in [-0.2, 0) is 6.54 Å². The number of imidazole rings is 1. The van der Waals surface area contributed by atoms with Gasteiger partial charge in [0.2, 0.25) is 0 Å². The van der Waals surface area contributed by atoms with Gasteiger partial charge in [-0.25, -0.2) is 9.59 Å². The van der Waals surface area contributed by atoms with Gasteiger partial charge >= 0.3 is 11.7 Å². The molecule has 0 unspecified atom stereocenters. The first-order chi connectivity index (χ1) is 13.5. The Morgan fingerprint density at radius 1 is 1.25 bits per heavy atom. The van der Waals surface area contributed by atoms with E-state index in [2.05, 4.69) is 15.3 Å². The molecule has 1 aromatic carbocycles. The molecule has 7 heteroatoms. The van der Waals surface area contributed by atoms with E-state index in [9.17, 15) is 9.59 Å². The quantitative estimate of drug-likeness (QED) is 0.734. The predicted octanol–water partition coefficient (Wildman–Crippen LogP) is 2.89. The number of nitrogens with zero attached hydrogens (tertiary/aromatic N) is 3. The van der Waals surface area contributed by atoms with Gasteiger partial charge < -0.3 is 15.2 Å². The number of hydrogen-bond donors (Lipinski definition) is 2. The van der Waals surface area contributed by atoms with Crippen LogP contribution in [0, 0.1) is 13.8 Å². The maximum atomic E-state index is 12.5. The fourth-order valence-electron chi connectivity index (χ4n) is 3.96. The average Bonchev–Trinajstić information content (AvgIpc) is 3.03. The van der Waals surface area contributed by atoms with Gasteiger partial charge in [0.05, 0.1) is 11.0 Å². The SMILES string of the molecule is Cc1cc(C)c(CNC(=O)N2CCC(n3c(=O)[nH]c4ccccc43)CC2)cn1. The molecule has 0 bridgehead atoms. The van der Waals surface area contributed by atoms with E-state index >= 15 is 0 Å². The van der Waals surface area contributed by atoms with Crippen LogP contribution in [0.2, 0.25) is 0 Å². The van der Waals surface area contributed by atoms with E-state index in [4.69, 9.17) is 0 Å². The molecule has 7 nitrogen and oxygen atoms in total. The van der Waals surface area contributed by atoms with Crippen LogP contribution in [-0.4, -0.2) is 38.6 Å². The number of pyridine rings is 1. The molecule has 0 spiro atoms. The lowest BCUT2D eigenvalue weighted by Gasteiger charge is -2.32. The van der Waals surface area contributed by atoms with Crippen molar-refractivity contribution in [2.24, 2.45) is 0 Å². The van der Waals surface area contributed by atoms with Gasteiger partial charge in [0, 0.05) is 37.6 Å². The molecule has 3 aromatic rings. The summed E-state index contributed by atoms with van der Waals surface area (Å²) >= 11 is 0. The topological polar surface area (TPSA) is 83.0 Å². The zero-order chi connectivity index (χ0) is 19.7. The molecule has 1 saturated heterocycles. The highest BCUT2D eigenvalue weighted by molar-refractivity contribution is 5.75. The number of para-hydroxylation sites is 2. The second-order valence-electron chi connectivity index (χ2n) is 7.45. The maximum absolute atomic E-state index is 12.5. The van der Waals surface area contributed by atoms with Gasteiger partial charge in [-0.3, -0.25) is 9.55 Å². The molecule has 2 aromatic heterocycles. The monoisotopic (exact) mass is 379 g/mol. The molecule has 0 radical (unpaired) electrons. The number of benzene rings is 1. The van der Waals surface area contributed by atoms with E-state index < -0.39 is 0 Å². The number of hydrogen-bond acceptors (Lipinski definition) is 3.